The summed E-state index contributed by atoms with van der Waals surface area (Å²) in [6.07, 6.45) is 11.1. The lowest BCUT2D eigenvalue weighted by atomic mass is 10.1. The Morgan fingerprint density at radius 3 is 2.82 bits per heavy atom. The molecule has 0 saturated carbocycles. The Balaban J connectivity index is 2.50. The molecule has 5 nitrogen and oxygen atoms in total. The Hall–Kier alpha value is -2.08. The van der Waals surface area contributed by atoms with Crippen LogP contribution in [-0.2, 0) is 11.2 Å². The Morgan fingerprint density at radius 1 is 1.41 bits per heavy atom. The minimum absolute atomic E-state index is 0.219. The summed E-state index contributed by atoms with van der Waals surface area (Å²) >= 11 is 4.25. The van der Waals surface area contributed by atoms with Gasteiger partial charge in [0.2, 0.25) is 0 Å². The first-order chi connectivity index (χ1) is 10.6. The van der Waals surface area contributed by atoms with Crippen molar-refractivity contribution >= 4 is 29.8 Å². The van der Waals surface area contributed by atoms with Crippen LogP contribution in [0.5, 0.6) is 0 Å². The van der Waals surface area contributed by atoms with Crippen LogP contribution >= 0.6 is 12.6 Å². The van der Waals surface area contributed by atoms with Crippen LogP contribution in [0.3, 0.4) is 0 Å². The second kappa shape index (κ2) is 7.26. The summed E-state index contributed by atoms with van der Waals surface area (Å²) in [6.45, 7) is 4.12. The lowest BCUT2D eigenvalue weighted by Crippen LogP contribution is -2.17. The molecule has 0 radical (unpaired) electrons. The third kappa shape index (κ3) is 3.39. The van der Waals surface area contributed by atoms with Crippen molar-refractivity contribution in [2.24, 2.45) is 0 Å². The fourth-order valence-electron chi connectivity index (χ4n) is 2.11. The van der Waals surface area contributed by atoms with Crippen molar-refractivity contribution < 1.29 is 4.79 Å². The van der Waals surface area contributed by atoms with Crippen molar-refractivity contribution in [3.05, 3.63) is 46.8 Å². The van der Waals surface area contributed by atoms with E-state index in [2.05, 4.69) is 35.0 Å². The zero-order valence-corrected chi connectivity index (χ0v) is 13.9. The highest BCUT2D eigenvalue weighted by molar-refractivity contribution is 7.85. The van der Waals surface area contributed by atoms with Crippen molar-refractivity contribution in [2.45, 2.75) is 26.7 Å². The number of nitrogens with one attached hydrogen (secondary N) is 1. The van der Waals surface area contributed by atoms with E-state index >= 15 is 0 Å². The van der Waals surface area contributed by atoms with E-state index < -0.39 is 0 Å². The fraction of sp³-hybridized carbons (Fsp3) is 0.312. The summed E-state index contributed by atoms with van der Waals surface area (Å²) in [5.41, 5.74) is 3.67. The third-order valence-corrected chi connectivity index (χ3v) is 3.64. The smallest absolute Gasteiger partial charge is 0.257 e. The predicted molar refractivity (Wildman–Crippen MR) is 91.8 cm³/mol. The van der Waals surface area contributed by atoms with Crippen molar-refractivity contribution in [2.75, 3.05) is 7.05 Å². The SMILES string of the molecule is CC/C=C(/C=C(\S)C(=O)NC)c1cnn2cc(CC)cnc12. The molecule has 2 aromatic heterocycles. The number of hydrogen-bond donors (Lipinski definition) is 2. The molecule has 1 N–H and O–H groups in total. The number of carbonyl (C=O) groups excluding carboxylic acids is 1. The number of aryl methyl sites for hydroxylation is 1. The molecule has 0 unspecified atom stereocenters. The van der Waals surface area contributed by atoms with Crippen LogP contribution in [0.1, 0.15) is 31.4 Å². The highest BCUT2D eigenvalue weighted by Gasteiger charge is 2.11. The quantitative estimate of drug-likeness (QED) is 0.506. The molecular formula is C16H20N4OS. The van der Waals surface area contributed by atoms with E-state index in [1.807, 2.05) is 25.4 Å². The number of rotatable bonds is 5. The Morgan fingerprint density at radius 2 is 2.18 bits per heavy atom. The molecule has 0 aliphatic heterocycles. The number of aromatic nitrogens is 3. The maximum absolute atomic E-state index is 11.6. The zero-order valence-electron chi connectivity index (χ0n) is 13.0. The van der Waals surface area contributed by atoms with Crippen LogP contribution in [0.4, 0.5) is 0 Å². The minimum Gasteiger partial charge on any atom is -0.355 e. The molecule has 0 bridgehead atoms. The zero-order chi connectivity index (χ0) is 16.1. The first kappa shape index (κ1) is 16.3. The summed E-state index contributed by atoms with van der Waals surface area (Å²) in [4.78, 5) is 16.5. The highest BCUT2D eigenvalue weighted by Crippen LogP contribution is 2.23. The molecule has 0 aliphatic carbocycles. The number of nitrogens with zero attached hydrogens (tertiary/aromatic N) is 3. The summed E-state index contributed by atoms with van der Waals surface area (Å²) in [5.74, 6) is -0.219. The summed E-state index contributed by atoms with van der Waals surface area (Å²) < 4.78 is 1.77. The van der Waals surface area contributed by atoms with Gasteiger partial charge in [-0.2, -0.15) is 5.10 Å². The minimum atomic E-state index is -0.219. The first-order valence-electron chi connectivity index (χ1n) is 7.26. The molecule has 0 aliphatic rings. The number of hydrogen-bond acceptors (Lipinski definition) is 4. The predicted octanol–water partition coefficient (Wildman–Crippen LogP) is 2.64. The summed E-state index contributed by atoms with van der Waals surface area (Å²) in [7, 11) is 1.58. The number of thiol groups is 1. The van der Waals surface area contributed by atoms with Gasteiger partial charge in [0.15, 0.2) is 5.65 Å². The molecule has 2 aromatic rings. The fourth-order valence-corrected chi connectivity index (χ4v) is 2.36. The van der Waals surface area contributed by atoms with E-state index in [4.69, 9.17) is 0 Å². The molecule has 0 fully saturated rings. The van der Waals surface area contributed by atoms with Gasteiger partial charge < -0.3 is 5.32 Å². The lowest BCUT2D eigenvalue weighted by Gasteiger charge is -2.04. The van der Waals surface area contributed by atoms with Gasteiger partial charge in [0.25, 0.3) is 5.91 Å². The second-order valence-corrected chi connectivity index (χ2v) is 5.30. The van der Waals surface area contributed by atoms with Crippen LogP contribution in [0.2, 0.25) is 0 Å². The third-order valence-electron chi connectivity index (χ3n) is 3.31. The molecule has 0 saturated heterocycles. The van der Waals surface area contributed by atoms with Gasteiger partial charge in [-0.1, -0.05) is 19.9 Å². The number of carbonyl (C=O) groups is 1. The molecular weight excluding hydrogens is 296 g/mol. The normalized spacial score (nSPS) is 12.7. The molecule has 1 amide bonds. The van der Waals surface area contributed by atoms with Gasteiger partial charge in [0.1, 0.15) is 0 Å². The van der Waals surface area contributed by atoms with E-state index in [1.54, 1.807) is 23.8 Å². The molecule has 2 heterocycles. The van der Waals surface area contributed by atoms with Gasteiger partial charge in [-0.15, -0.1) is 12.6 Å². The Kier molecular flexibility index (Phi) is 5.38. The summed E-state index contributed by atoms with van der Waals surface area (Å²) in [5, 5.41) is 6.92. The van der Waals surface area contributed by atoms with E-state index in [0.717, 1.165) is 35.2 Å². The molecule has 0 aromatic carbocycles. The van der Waals surface area contributed by atoms with Gasteiger partial charge in [-0.05, 0) is 30.1 Å². The Bertz CT molecular complexity index is 746. The van der Waals surface area contributed by atoms with E-state index in [1.165, 1.54) is 0 Å². The molecule has 22 heavy (non-hydrogen) atoms. The number of likely N-dealkylation sites (N-methyl/N-ethyl adjacent to an activating group) is 1. The second-order valence-electron chi connectivity index (χ2n) is 4.82. The number of amides is 1. The van der Waals surface area contributed by atoms with Crippen molar-refractivity contribution in [3.8, 4) is 0 Å². The van der Waals surface area contributed by atoms with Crippen molar-refractivity contribution in [1.82, 2.24) is 19.9 Å². The Labute approximate surface area is 135 Å². The average molecular weight is 316 g/mol. The van der Waals surface area contributed by atoms with Crippen LogP contribution in [0, 0.1) is 0 Å². The molecule has 0 atom stereocenters. The van der Waals surface area contributed by atoms with Crippen LogP contribution in [0.25, 0.3) is 11.2 Å². The van der Waals surface area contributed by atoms with Crippen molar-refractivity contribution in [1.29, 1.82) is 0 Å². The van der Waals surface area contributed by atoms with E-state index in [-0.39, 0.29) is 5.91 Å². The highest BCUT2D eigenvalue weighted by atomic mass is 32.1. The van der Waals surface area contributed by atoms with Crippen LogP contribution in [-0.4, -0.2) is 27.6 Å². The summed E-state index contributed by atoms with van der Waals surface area (Å²) in [6, 6.07) is 0. The monoisotopic (exact) mass is 316 g/mol. The topological polar surface area (TPSA) is 59.3 Å². The first-order valence-corrected chi connectivity index (χ1v) is 7.70. The average Bonchev–Trinajstić information content (AvgIpc) is 2.96. The maximum Gasteiger partial charge on any atom is 0.257 e. The molecule has 2 rings (SSSR count). The van der Waals surface area contributed by atoms with Crippen LogP contribution < -0.4 is 5.32 Å². The van der Waals surface area contributed by atoms with Crippen LogP contribution in [0.15, 0.2) is 35.6 Å². The molecule has 0 spiro atoms. The van der Waals surface area contributed by atoms with Gasteiger partial charge in [-0.25, -0.2) is 9.50 Å². The number of fused-ring (bicyclic) bond motifs is 1. The number of allylic oxidation sites excluding steroid dienone is 3. The van der Waals surface area contributed by atoms with Gasteiger partial charge in [0, 0.05) is 25.0 Å². The maximum atomic E-state index is 11.6. The van der Waals surface area contributed by atoms with E-state index in [0.29, 0.717) is 4.91 Å². The van der Waals surface area contributed by atoms with Gasteiger partial charge >= 0.3 is 0 Å². The molecule has 6 heteroatoms. The molecule has 116 valence electrons. The van der Waals surface area contributed by atoms with E-state index in [9.17, 15) is 4.79 Å². The van der Waals surface area contributed by atoms with Gasteiger partial charge in [0.05, 0.1) is 11.1 Å². The van der Waals surface area contributed by atoms with Crippen molar-refractivity contribution in [3.63, 3.8) is 0 Å². The lowest BCUT2D eigenvalue weighted by molar-refractivity contribution is -0.116. The standard InChI is InChI=1S/C16H20N4OS/c1-4-6-12(7-14(22)16(21)17-3)13-9-19-20-10-11(5-2)8-18-15(13)20/h6-10,22H,4-5H2,1-3H3,(H,17,21)/b12-6-,14-7-. The largest absolute Gasteiger partial charge is 0.355 e. The van der Waals surface area contributed by atoms with Gasteiger partial charge in [-0.3, -0.25) is 4.79 Å².